The fourth-order valence-corrected chi connectivity index (χ4v) is 4.30. The number of fused-ring (bicyclic) bond motifs is 1. The van der Waals surface area contributed by atoms with Gasteiger partial charge >= 0.3 is 0 Å². The molecule has 4 rings (SSSR count). The van der Waals surface area contributed by atoms with E-state index in [1.54, 1.807) is 4.90 Å². The standard InChI is InChI=1S/C19H24N4O4/c20-10-19(27)6-7-22(11-19)8-12-2-1-3-13-9-23(18(26)16(12)13)14-4-5-15(24)21-17(14)25/h1-3,14,27H,4-11,20H2,(H,21,24,25). The van der Waals surface area contributed by atoms with E-state index in [4.69, 9.17) is 5.73 Å². The molecule has 2 fully saturated rings. The first kappa shape index (κ1) is 18.1. The summed E-state index contributed by atoms with van der Waals surface area (Å²) < 4.78 is 0. The molecule has 0 spiro atoms. The van der Waals surface area contributed by atoms with Gasteiger partial charge in [0.15, 0.2) is 0 Å². The minimum absolute atomic E-state index is 0.164. The van der Waals surface area contributed by atoms with E-state index in [0.717, 1.165) is 17.7 Å². The number of amides is 3. The van der Waals surface area contributed by atoms with E-state index in [0.29, 0.717) is 38.0 Å². The molecule has 0 aromatic heterocycles. The zero-order chi connectivity index (χ0) is 19.2. The summed E-state index contributed by atoms with van der Waals surface area (Å²) in [6, 6.07) is 5.14. The summed E-state index contributed by atoms with van der Waals surface area (Å²) in [7, 11) is 0. The molecule has 1 aromatic rings. The average molecular weight is 372 g/mol. The molecule has 3 heterocycles. The number of β-amino-alcohol motifs (C(OH)–C–C–N with tert-alkyl or cyclic N) is 1. The van der Waals surface area contributed by atoms with Crippen molar-refractivity contribution in [2.75, 3.05) is 19.6 Å². The number of imide groups is 1. The van der Waals surface area contributed by atoms with Gasteiger partial charge in [-0.3, -0.25) is 24.6 Å². The molecule has 3 amide bonds. The van der Waals surface area contributed by atoms with E-state index in [1.807, 2.05) is 18.2 Å². The third kappa shape index (κ3) is 3.24. The Hall–Kier alpha value is -2.29. The van der Waals surface area contributed by atoms with Gasteiger partial charge in [-0.2, -0.15) is 0 Å². The molecule has 0 bridgehead atoms. The molecule has 8 nitrogen and oxygen atoms in total. The van der Waals surface area contributed by atoms with Crippen LogP contribution in [0.15, 0.2) is 18.2 Å². The monoisotopic (exact) mass is 372 g/mol. The quantitative estimate of drug-likeness (QED) is 0.605. The van der Waals surface area contributed by atoms with E-state index < -0.39 is 17.6 Å². The van der Waals surface area contributed by atoms with E-state index in [2.05, 4.69) is 10.2 Å². The number of hydrogen-bond acceptors (Lipinski definition) is 6. The van der Waals surface area contributed by atoms with Crippen LogP contribution >= 0.6 is 0 Å². The zero-order valence-corrected chi connectivity index (χ0v) is 15.1. The summed E-state index contributed by atoms with van der Waals surface area (Å²) in [5.74, 6) is -0.854. The molecule has 2 saturated heterocycles. The highest BCUT2D eigenvalue weighted by Gasteiger charge is 2.41. The molecule has 2 unspecified atom stereocenters. The van der Waals surface area contributed by atoms with Gasteiger partial charge in [-0.25, -0.2) is 0 Å². The Kier molecular flexibility index (Phi) is 4.49. The molecule has 3 aliphatic heterocycles. The van der Waals surface area contributed by atoms with Crippen molar-refractivity contribution < 1.29 is 19.5 Å². The maximum absolute atomic E-state index is 13.1. The molecule has 1 aromatic carbocycles. The van der Waals surface area contributed by atoms with Crippen LogP contribution in [0.4, 0.5) is 0 Å². The molecule has 4 N–H and O–H groups in total. The van der Waals surface area contributed by atoms with Crippen molar-refractivity contribution in [1.29, 1.82) is 0 Å². The van der Waals surface area contributed by atoms with Crippen molar-refractivity contribution in [3.63, 3.8) is 0 Å². The summed E-state index contributed by atoms with van der Waals surface area (Å²) in [5.41, 5.74) is 7.24. The van der Waals surface area contributed by atoms with Gasteiger partial charge < -0.3 is 15.7 Å². The highest BCUT2D eigenvalue weighted by atomic mass is 16.3. The lowest BCUT2D eigenvalue weighted by Crippen LogP contribution is -2.52. The first-order valence-electron chi connectivity index (χ1n) is 9.30. The van der Waals surface area contributed by atoms with Gasteiger partial charge in [0, 0.05) is 44.7 Å². The van der Waals surface area contributed by atoms with E-state index in [1.165, 1.54) is 0 Å². The summed E-state index contributed by atoms with van der Waals surface area (Å²) in [6.45, 7) is 2.36. The second-order valence-electron chi connectivity index (χ2n) is 7.74. The SMILES string of the molecule is NCC1(O)CCN(Cc2cccc3c2C(=O)N(C2CCC(=O)NC2=O)C3)C1. The number of nitrogens with two attached hydrogens (primary N) is 1. The van der Waals surface area contributed by atoms with Crippen LogP contribution < -0.4 is 11.1 Å². The topological polar surface area (TPSA) is 116 Å². The molecule has 3 aliphatic rings. The highest BCUT2D eigenvalue weighted by molar-refractivity contribution is 6.05. The number of nitrogens with zero attached hydrogens (tertiary/aromatic N) is 2. The molecule has 144 valence electrons. The van der Waals surface area contributed by atoms with Crippen molar-refractivity contribution in [3.8, 4) is 0 Å². The number of aliphatic hydroxyl groups is 1. The van der Waals surface area contributed by atoms with E-state index in [-0.39, 0.29) is 24.8 Å². The smallest absolute Gasteiger partial charge is 0.255 e. The Morgan fingerprint density at radius 2 is 2.11 bits per heavy atom. The Balaban J connectivity index is 1.54. The van der Waals surface area contributed by atoms with Crippen LogP contribution in [-0.2, 0) is 22.7 Å². The van der Waals surface area contributed by atoms with Gasteiger partial charge in [0.2, 0.25) is 11.8 Å². The largest absolute Gasteiger partial charge is 0.387 e. The second-order valence-corrected chi connectivity index (χ2v) is 7.74. The lowest BCUT2D eigenvalue weighted by molar-refractivity contribution is -0.136. The average Bonchev–Trinajstić information content (AvgIpc) is 3.17. The fourth-order valence-electron chi connectivity index (χ4n) is 4.30. The fraction of sp³-hybridized carbons (Fsp3) is 0.526. The lowest BCUT2D eigenvalue weighted by Gasteiger charge is -2.29. The van der Waals surface area contributed by atoms with Gasteiger partial charge in [-0.05, 0) is 24.0 Å². The number of carbonyl (C=O) groups excluding carboxylic acids is 3. The predicted octanol–water partition coefficient (Wildman–Crippen LogP) is -0.657. The zero-order valence-electron chi connectivity index (χ0n) is 15.1. The van der Waals surface area contributed by atoms with Crippen LogP contribution in [0.2, 0.25) is 0 Å². The molecule has 2 atom stereocenters. The van der Waals surface area contributed by atoms with Gasteiger partial charge in [-0.15, -0.1) is 0 Å². The third-order valence-corrected chi connectivity index (χ3v) is 5.82. The minimum Gasteiger partial charge on any atom is -0.387 e. The Labute approximate surface area is 157 Å². The van der Waals surface area contributed by atoms with Crippen LogP contribution in [0.5, 0.6) is 0 Å². The molecular weight excluding hydrogens is 348 g/mol. The van der Waals surface area contributed by atoms with Gasteiger partial charge in [0.25, 0.3) is 5.91 Å². The van der Waals surface area contributed by atoms with Gasteiger partial charge in [0.1, 0.15) is 6.04 Å². The Bertz CT molecular complexity index is 811. The number of carbonyl (C=O) groups is 3. The lowest BCUT2D eigenvalue weighted by atomic mass is 10.0. The van der Waals surface area contributed by atoms with Crippen LogP contribution in [0.3, 0.4) is 0 Å². The highest BCUT2D eigenvalue weighted by Crippen LogP contribution is 2.31. The van der Waals surface area contributed by atoms with Crippen molar-refractivity contribution in [2.24, 2.45) is 5.73 Å². The van der Waals surface area contributed by atoms with E-state index in [9.17, 15) is 19.5 Å². The molecule has 27 heavy (non-hydrogen) atoms. The Morgan fingerprint density at radius 3 is 2.81 bits per heavy atom. The molecule has 8 heteroatoms. The van der Waals surface area contributed by atoms with Gasteiger partial charge in [-0.1, -0.05) is 18.2 Å². The van der Waals surface area contributed by atoms with Crippen LogP contribution in [0.25, 0.3) is 0 Å². The summed E-state index contributed by atoms with van der Waals surface area (Å²) >= 11 is 0. The number of piperidine rings is 1. The van der Waals surface area contributed by atoms with Crippen LogP contribution in [0, 0.1) is 0 Å². The van der Waals surface area contributed by atoms with Crippen LogP contribution in [-0.4, -0.2) is 63.9 Å². The summed E-state index contributed by atoms with van der Waals surface area (Å²) in [4.78, 5) is 40.3. The molecule has 0 radical (unpaired) electrons. The predicted molar refractivity (Wildman–Crippen MR) is 96.4 cm³/mol. The molecular formula is C19H24N4O4. The third-order valence-electron chi connectivity index (χ3n) is 5.82. The minimum atomic E-state index is -0.860. The van der Waals surface area contributed by atoms with Gasteiger partial charge in [0.05, 0.1) is 5.60 Å². The van der Waals surface area contributed by atoms with Crippen LogP contribution in [0.1, 0.15) is 40.7 Å². The number of likely N-dealkylation sites (tertiary alicyclic amines) is 1. The van der Waals surface area contributed by atoms with Crippen molar-refractivity contribution >= 4 is 17.7 Å². The van der Waals surface area contributed by atoms with Crippen molar-refractivity contribution in [1.82, 2.24) is 15.1 Å². The normalized spacial score (nSPS) is 28.6. The summed E-state index contributed by atoms with van der Waals surface area (Å²) in [6.07, 6.45) is 1.22. The number of rotatable bonds is 4. The number of benzene rings is 1. The maximum Gasteiger partial charge on any atom is 0.255 e. The summed E-state index contributed by atoms with van der Waals surface area (Å²) in [5, 5.41) is 12.7. The first-order valence-corrected chi connectivity index (χ1v) is 9.30. The Morgan fingerprint density at radius 1 is 1.30 bits per heavy atom. The van der Waals surface area contributed by atoms with Crippen molar-refractivity contribution in [2.45, 2.75) is 44.0 Å². The number of nitrogens with one attached hydrogen (secondary N) is 1. The molecule has 0 saturated carbocycles. The molecule has 0 aliphatic carbocycles. The maximum atomic E-state index is 13.1. The second kappa shape index (κ2) is 6.70. The number of hydrogen-bond donors (Lipinski definition) is 3. The van der Waals surface area contributed by atoms with Crippen molar-refractivity contribution in [3.05, 3.63) is 34.9 Å². The first-order chi connectivity index (χ1) is 12.9. The van der Waals surface area contributed by atoms with E-state index >= 15 is 0 Å².